The van der Waals surface area contributed by atoms with E-state index in [1.54, 1.807) is 79.0 Å². The molecule has 8 nitrogen and oxygen atoms in total. The van der Waals surface area contributed by atoms with E-state index in [1.807, 2.05) is 19.9 Å². The fraction of sp³-hybridized carbons (Fsp3) is 0.529. The normalized spacial score (nSPS) is 17.1. The van der Waals surface area contributed by atoms with E-state index in [0.29, 0.717) is 39.2 Å². The number of nitrogens with zero attached hydrogens (tertiary/aromatic N) is 2. The van der Waals surface area contributed by atoms with E-state index in [4.69, 9.17) is 18.9 Å². The average Bonchev–Trinajstić information content (AvgIpc) is 3.25. The van der Waals surface area contributed by atoms with Crippen molar-refractivity contribution < 1.29 is 37.3 Å². The van der Waals surface area contributed by atoms with E-state index in [0.717, 1.165) is 10.5 Å². The van der Waals surface area contributed by atoms with Gasteiger partial charge >= 0.3 is 12.2 Å². The number of methoxy groups -OCH3 is 2. The van der Waals surface area contributed by atoms with Gasteiger partial charge in [-0.3, -0.25) is 0 Å². The third-order valence-corrected chi connectivity index (χ3v) is 7.49. The molecule has 0 spiro atoms. The maximum Gasteiger partial charge on any atom is 0.419 e. The Morgan fingerprint density at radius 3 is 2.05 bits per heavy atom. The molecule has 44 heavy (non-hydrogen) atoms. The fourth-order valence-corrected chi connectivity index (χ4v) is 5.73. The standard InChI is InChI=1S/C34H44F2N2O6/c1-20(2)28-23-17-21(24-15-16-37(19-34(24,35)36)30(39)43-32(3,4)5)11-13-25(23)38(31(40)44-33(6,7)8)29(28)22-12-14-26(41-9)27(18-22)42-10/h11-14,17-18,20,24H,15-16,19H2,1-10H3. The molecule has 0 radical (unpaired) electrons. The summed E-state index contributed by atoms with van der Waals surface area (Å²) in [5.74, 6) is -3.39. The molecular weight excluding hydrogens is 570 g/mol. The highest BCUT2D eigenvalue weighted by atomic mass is 19.3. The number of hydrogen-bond acceptors (Lipinski definition) is 6. The van der Waals surface area contributed by atoms with E-state index >= 15 is 8.78 Å². The minimum absolute atomic E-state index is 0.0596. The van der Waals surface area contributed by atoms with Gasteiger partial charge in [0, 0.05) is 17.5 Å². The predicted octanol–water partition coefficient (Wildman–Crippen LogP) is 8.59. The lowest BCUT2D eigenvalue weighted by Crippen LogP contribution is -2.50. The minimum Gasteiger partial charge on any atom is -0.493 e. The summed E-state index contributed by atoms with van der Waals surface area (Å²) in [5.41, 5.74) is 1.52. The number of ether oxygens (including phenoxy) is 4. The number of carbonyl (C=O) groups excluding carboxylic acids is 2. The maximum atomic E-state index is 15.7. The molecule has 0 N–H and O–H groups in total. The van der Waals surface area contributed by atoms with Crippen LogP contribution in [0, 0.1) is 0 Å². The summed E-state index contributed by atoms with van der Waals surface area (Å²) in [4.78, 5) is 27.4. The van der Waals surface area contributed by atoms with Gasteiger partial charge in [-0.05, 0) is 95.3 Å². The Morgan fingerprint density at radius 1 is 0.886 bits per heavy atom. The molecule has 0 aliphatic carbocycles. The lowest BCUT2D eigenvalue weighted by Gasteiger charge is -2.39. The summed E-state index contributed by atoms with van der Waals surface area (Å²) in [5, 5.41) is 0.679. The van der Waals surface area contributed by atoms with Gasteiger partial charge in [0.25, 0.3) is 5.92 Å². The molecule has 1 atom stereocenters. The highest BCUT2D eigenvalue weighted by Gasteiger charge is 2.47. The van der Waals surface area contributed by atoms with Gasteiger partial charge in [-0.1, -0.05) is 19.9 Å². The molecule has 1 aliphatic rings. The molecule has 1 fully saturated rings. The van der Waals surface area contributed by atoms with Crippen molar-refractivity contribution in [3.8, 4) is 22.8 Å². The Kier molecular flexibility index (Phi) is 8.97. The molecule has 3 aromatic rings. The summed E-state index contributed by atoms with van der Waals surface area (Å²) in [6.07, 6.45) is -1.27. The number of piperidine rings is 1. The summed E-state index contributed by atoms with van der Waals surface area (Å²) < 4.78 is 55.1. The molecule has 1 unspecified atom stereocenters. The van der Waals surface area contributed by atoms with Crippen LogP contribution >= 0.6 is 0 Å². The molecule has 2 aromatic carbocycles. The number of fused-ring (bicyclic) bond motifs is 1. The number of aromatic nitrogens is 1. The van der Waals surface area contributed by atoms with Crippen molar-refractivity contribution in [1.29, 1.82) is 0 Å². The largest absolute Gasteiger partial charge is 0.493 e. The van der Waals surface area contributed by atoms with Gasteiger partial charge in [0.05, 0.1) is 37.9 Å². The Labute approximate surface area is 258 Å². The highest BCUT2D eigenvalue weighted by molar-refractivity contribution is 6.00. The van der Waals surface area contributed by atoms with Crippen LogP contribution in [0.4, 0.5) is 18.4 Å². The van der Waals surface area contributed by atoms with E-state index in [-0.39, 0.29) is 18.9 Å². The highest BCUT2D eigenvalue weighted by Crippen LogP contribution is 2.45. The maximum absolute atomic E-state index is 15.7. The summed E-state index contributed by atoms with van der Waals surface area (Å²) in [6.45, 7) is 13.9. The van der Waals surface area contributed by atoms with Gasteiger partial charge < -0.3 is 23.8 Å². The quantitative estimate of drug-likeness (QED) is 0.286. The second-order valence-electron chi connectivity index (χ2n) is 13.6. The van der Waals surface area contributed by atoms with Gasteiger partial charge in [0.15, 0.2) is 11.5 Å². The van der Waals surface area contributed by atoms with Crippen LogP contribution in [0.2, 0.25) is 0 Å². The number of benzene rings is 2. The molecule has 0 bridgehead atoms. The van der Waals surface area contributed by atoms with E-state index < -0.39 is 41.8 Å². The zero-order valence-electron chi connectivity index (χ0n) is 27.3. The molecule has 1 aliphatic heterocycles. The van der Waals surface area contributed by atoms with Crippen molar-refractivity contribution >= 4 is 23.1 Å². The Hall–Kier alpha value is -3.82. The summed E-state index contributed by atoms with van der Waals surface area (Å²) in [7, 11) is 3.08. The number of halogens is 2. The average molecular weight is 615 g/mol. The topological polar surface area (TPSA) is 79.2 Å². The molecular formula is C34H44F2N2O6. The van der Waals surface area contributed by atoms with Crippen molar-refractivity contribution in [3.63, 3.8) is 0 Å². The first-order valence-electron chi connectivity index (χ1n) is 14.9. The van der Waals surface area contributed by atoms with Crippen LogP contribution in [0.1, 0.15) is 84.8 Å². The van der Waals surface area contributed by atoms with E-state index in [9.17, 15) is 9.59 Å². The minimum atomic E-state index is -3.19. The third kappa shape index (κ3) is 6.79. The lowest BCUT2D eigenvalue weighted by molar-refractivity contribution is -0.0848. The first-order valence-corrected chi connectivity index (χ1v) is 14.9. The van der Waals surface area contributed by atoms with Crippen LogP contribution in [-0.4, -0.2) is 66.1 Å². The van der Waals surface area contributed by atoms with E-state index in [1.165, 1.54) is 11.7 Å². The van der Waals surface area contributed by atoms with Crippen molar-refractivity contribution in [2.24, 2.45) is 0 Å². The van der Waals surface area contributed by atoms with Gasteiger partial charge in [-0.15, -0.1) is 0 Å². The van der Waals surface area contributed by atoms with Crippen LogP contribution in [0.25, 0.3) is 22.2 Å². The smallest absolute Gasteiger partial charge is 0.419 e. The first kappa shape index (κ1) is 33.1. The SMILES string of the molecule is COc1ccc(-c2c(C(C)C)c3cc(C4CCN(C(=O)OC(C)(C)C)CC4(F)F)ccc3n2C(=O)OC(C)(C)C)cc1OC. The van der Waals surface area contributed by atoms with Crippen molar-refractivity contribution in [2.75, 3.05) is 27.3 Å². The molecule has 4 rings (SSSR count). The van der Waals surface area contributed by atoms with E-state index in [2.05, 4.69) is 0 Å². The van der Waals surface area contributed by atoms with Crippen LogP contribution in [0.15, 0.2) is 36.4 Å². The zero-order valence-corrected chi connectivity index (χ0v) is 27.3. The summed E-state index contributed by atoms with van der Waals surface area (Å²) in [6, 6.07) is 10.5. The Morgan fingerprint density at radius 2 is 1.50 bits per heavy atom. The fourth-order valence-electron chi connectivity index (χ4n) is 5.73. The molecule has 10 heteroatoms. The Bertz CT molecular complexity index is 1550. The first-order chi connectivity index (χ1) is 20.4. The second kappa shape index (κ2) is 11.9. The van der Waals surface area contributed by atoms with Gasteiger partial charge in [-0.25, -0.2) is 22.9 Å². The third-order valence-electron chi connectivity index (χ3n) is 7.49. The van der Waals surface area contributed by atoms with Gasteiger partial charge in [-0.2, -0.15) is 0 Å². The number of hydrogen-bond donors (Lipinski definition) is 0. The predicted molar refractivity (Wildman–Crippen MR) is 166 cm³/mol. The molecule has 1 aromatic heterocycles. The van der Waals surface area contributed by atoms with Crippen LogP contribution in [0.3, 0.4) is 0 Å². The molecule has 1 amide bonds. The lowest BCUT2D eigenvalue weighted by atomic mass is 9.85. The molecule has 1 saturated heterocycles. The van der Waals surface area contributed by atoms with Crippen LogP contribution in [-0.2, 0) is 9.47 Å². The number of rotatable bonds is 5. The number of amides is 1. The number of carbonyl (C=O) groups is 2. The zero-order chi connectivity index (χ0) is 32.8. The molecule has 2 heterocycles. The van der Waals surface area contributed by atoms with Crippen LogP contribution < -0.4 is 9.47 Å². The monoisotopic (exact) mass is 614 g/mol. The van der Waals surface area contributed by atoms with Gasteiger partial charge in [0.1, 0.15) is 11.2 Å². The number of alkyl halides is 2. The van der Waals surface area contributed by atoms with Crippen LogP contribution in [0.5, 0.6) is 11.5 Å². The molecule has 240 valence electrons. The van der Waals surface area contributed by atoms with Gasteiger partial charge in [0.2, 0.25) is 0 Å². The van der Waals surface area contributed by atoms with Crippen molar-refractivity contribution in [1.82, 2.24) is 9.47 Å². The van der Waals surface area contributed by atoms with Crippen molar-refractivity contribution in [2.45, 2.75) is 90.8 Å². The number of likely N-dealkylation sites (tertiary alicyclic amines) is 1. The van der Waals surface area contributed by atoms with Crippen molar-refractivity contribution in [3.05, 3.63) is 47.5 Å². The Balaban J connectivity index is 1.88. The summed E-state index contributed by atoms with van der Waals surface area (Å²) >= 11 is 0. The second-order valence-corrected chi connectivity index (χ2v) is 13.6. The molecule has 0 saturated carbocycles.